The summed E-state index contributed by atoms with van der Waals surface area (Å²) < 4.78 is 1.16. The molecule has 0 amide bonds. The first kappa shape index (κ1) is 15.7. The van der Waals surface area contributed by atoms with Crippen molar-refractivity contribution < 1.29 is 0 Å². The summed E-state index contributed by atoms with van der Waals surface area (Å²) in [4.78, 5) is 1.35. The van der Waals surface area contributed by atoms with Crippen molar-refractivity contribution in [1.82, 2.24) is 5.32 Å². The molecule has 20 heavy (non-hydrogen) atoms. The van der Waals surface area contributed by atoms with Gasteiger partial charge in [0.25, 0.3) is 0 Å². The summed E-state index contributed by atoms with van der Waals surface area (Å²) in [6.45, 7) is 9.86. The number of halogens is 1. The Bertz CT molecular complexity index is 551. The quantitative estimate of drug-likeness (QED) is 0.765. The van der Waals surface area contributed by atoms with Crippen molar-refractivity contribution >= 4 is 27.3 Å². The van der Waals surface area contributed by atoms with Crippen LogP contribution in [0.15, 0.2) is 40.2 Å². The Morgan fingerprint density at radius 2 is 1.85 bits per heavy atom. The summed E-state index contributed by atoms with van der Waals surface area (Å²) in [6.07, 6.45) is 0. The first-order valence-corrected chi connectivity index (χ1v) is 8.67. The van der Waals surface area contributed by atoms with E-state index in [0.717, 1.165) is 11.0 Å². The van der Waals surface area contributed by atoms with Crippen LogP contribution in [0, 0.1) is 0 Å². The lowest BCUT2D eigenvalue weighted by Crippen LogP contribution is -2.21. The van der Waals surface area contributed by atoms with Crippen molar-refractivity contribution in [1.29, 1.82) is 0 Å². The normalized spacial score (nSPS) is 13.4. The number of nitrogens with one attached hydrogen (secondary N) is 1. The van der Waals surface area contributed by atoms with Crippen molar-refractivity contribution in [2.45, 2.75) is 39.2 Å². The van der Waals surface area contributed by atoms with Crippen LogP contribution < -0.4 is 5.32 Å². The van der Waals surface area contributed by atoms with Gasteiger partial charge in [0.2, 0.25) is 0 Å². The third-order valence-corrected chi connectivity index (χ3v) is 5.15. The van der Waals surface area contributed by atoms with Gasteiger partial charge in [-0.15, -0.1) is 11.3 Å². The summed E-state index contributed by atoms with van der Waals surface area (Å²) in [6, 6.07) is 11.5. The highest BCUT2D eigenvalue weighted by molar-refractivity contribution is 9.10. The van der Waals surface area contributed by atoms with Crippen LogP contribution in [0.1, 0.15) is 49.7 Å². The molecule has 0 fully saturated rings. The molecule has 2 rings (SSSR count). The molecule has 2 aromatic rings. The molecule has 1 atom stereocenters. The Morgan fingerprint density at radius 1 is 1.20 bits per heavy atom. The molecule has 0 aliphatic heterocycles. The smallest absolute Gasteiger partial charge is 0.0671 e. The predicted molar refractivity (Wildman–Crippen MR) is 92.7 cm³/mol. The van der Waals surface area contributed by atoms with Crippen molar-refractivity contribution in [2.24, 2.45) is 0 Å². The summed E-state index contributed by atoms with van der Waals surface area (Å²) in [7, 11) is 0. The van der Waals surface area contributed by atoms with Crippen LogP contribution in [0.25, 0.3) is 0 Å². The lowest BCUT2D eigenvalue weighted by Gasteiger charge is -2.21. The van der Waals surface area contributed by atoms with E-state index in [9.17, 15) is 0 Å². The number of hydrogen-bond acceptors (Lipinski definition) is 2. The first-order valence-electron chi connectivity index (χ1n) is 6.99. The molecule has 0 aliphatic carbocycles. The molecule has 0 spiro atoms. The summed E-state index contributed by atoms with van der Waals surface area (Å²) >= 11 is 5.34. The third-order valence-electron chi connectivity index (χ3n) is 3.39. The molecule has 0 aliphatic rings. The van der Waals surface area contributed by atoms with Crippen LogP contribution in [-0.4, -0.2) is 6.54 Å². The fourth-order valence-corrected chi connectivity index (χ4v) is 3.79. The Morgan fingerprint density at radius 3 is 2.30 bits per heavy atom. The molecule has 0 bridgehead atoms. The molecule has 108 valence electrons. The van der Waals surface area contributed by atoms with Crippen molar-refractivity contribution in [3.05, 3.63) is 56.2 Å². The Hall–Kier alpha value is -0.640. The van der Waals surface area contributed by atoms with E-state index < -0.39 is 0 Å². The molecule has 3 heteroatoms. The molecule has 0 saturated carbocycles. The van der Waals surface area contributed by atoms with Gasteiger partial charge in [-0.1, -0.05) is 52.0 Å². The molecule has 0 radical (unpaired) electrons. The maximum absolute atomic E-state index is 3.58. The highest BCUT2D eigenvalue weighted by Crippen LogP contribution is 2.31. The molecular formula is C17H22BrNS. The highest BCUT2D eigenvalue weighted by Gasteiger charge is 2.17. The van der Waals surface area contributed by atoms with E-state index in [1.165, 1.54) is 16.0 Å². The second-order valence-electron chi connectivity index (χ2n) is 6.03. The summed E-state index contributed by atoms with van der Waals surface area (Å²) in [5.41, 5.74) is 2.91. The lowest BCUT2D eigenvalue weighted by molar-refractivity contribution is 0.588. The minimum Gasteiger partial charge on any atom is -0.306 e. The van der Waals surface area contributed by atoms with E-state index in [1.54, 1.807) is 11.3 Å². The molecule has 1 unspecified atom stereocenters. The second kappa shape index (κ2) is 6.42. The maximum atomic E-state index is 3.58. The van der Waals surface area contributed by atoms with Gasteiger partial charge in [-0.2, -0.15) is 0 Å². The van der Waals surface area contributed by atoms with Crippen LogP contribution in [0.5, 0.6) is 0 Å². The lowest BCUT2D eigenvalue weighted by atomic mass is 9.86. The van der Waals surface area contributed by atoms with E-state index in [4.69, 9.17) is 0 Å². The van der Waals surface area contributed by atoms with Gasteiger partial charge in [0.1, 0.15) is 0 Å². The predicted octanol–water partition coefficient (Wildman–Crippen LogP) is 5.51. The first-order chi connectivity index (χ1) is 9.41. The van der Waals surface area contributed by atoms with Crippen LogP contribution in [0.2, 0.25) is 0 Å². The van der Waals surface area contributed by atoms with Crippen molar-refractivity contribution in [2.75, 3.05) is 6.54 Å². The molecule has 0 saturated heterocycles. The number of rotatable bonds is 4. The van der Waals surface area contributed by atoms with Gasteiger partial charge in [-0.3, -0.25) is 0 Å². The zero-order valence-corrected chi connectivity index (χ0v) is 14.9. The topological polar surface area (TPSA) is 12.0 Å². The Labute approximate surface area is 134 Å². The van der Waals surface area contributed by atoms with Crippen LogP contribution >= 0.6 is 27.3 Å². The molecule has 1 aromatic heterocycles. The average molecular weight is 352 g/mol. The van der Waals surface area contributed by atoms with Gasteiger partial charge in [0.05, 0.1) is 6.04 Å². The second-order valence-corrected chi connectivity index (χ2v) is 7.89. The van der Waals surface area contributed by atoms with Crippen LogP contribution in [-0.2, 0) is 5.41 Å². The highest BCUT2D eigenvalue weighted by atomic mass is 79.9. The van der Waals surface area contributed by atoms with E-state index >= 15 is 0 Å². The SMILES string of the molecule is CCNC(c1ccc(C(C)(C)C)cc1)c1cc(Br)cs1. The minimum atomic E-state index is 0.207. The van der Waals surface area contributed by atoms with Crippen molar-refractivity contribution in [3.8, 4) is 0 Å². The summed E-state index contributed by atoms with van der Waals surface area (Å²) in [5.74, 6) is 0. The van der Waals surface area contributed by atoms with Crippen LogP contribution in [0.3, 0.4) is 0 Å². The van der Waals surface area contributed by atoms with E-state index in [2.05, 4.69) is 84.7 Å². The minimum absolute atomic E-state index is 0.207. The molecule has 1 N–H and O–H groups in total. The van der Waals surface area contributed by atoms with Gasteiger partial charge >= 0.3 is 0 Å². The number of thiophene rings is 1. The molecular weight excluding hydrogens is 330 g/mol. The third kappa shape index (κ3) is 3.72. The molecule has 1 nitrogen and oxygen atoms in total. The number of hydrogen-bond donors (Lipinski definition) is 1. The van der Waals surface area contributed by atoms with E-state index in [1.807, 2.05) is 0 Å². The Balaban J connectivity index is 2.30. The molecule has 1 heterocycles. The van der Waals surface area contributed by atoms with Gasteiger partial charge in [0.15, 0.2) is 0 Å². The largest absolute Gasteiger partial charge is 0.306 e. The molecule has 1 aromatic carbocycles. The standard InChI is InChI=1S/C17H22BrNS/c1-5-19-16(15-10-14(18)11-20-15)12-6-8-13(9-7-12)17(2,3)4/h6-11,16,19H,5H2,1-4H3. The van der Waals surface area contributed by atoms with Gasteiger partial charge in [0, 0.05) is 14.7 Å². The van der Waals surface area contributed by atoms with Crippen molar-refractivity contribution in [3.63, 3.8) is 0 Å². The Kier molecular flexibility index (Phi) is 5.05. The van der Waals surface area contributed by atoms with Gasteiger partial charge < -0.3 is 5.32 Å². The monoisotopic (exact) mass is 351 g/mol. The van der Waals surface area contributed by atoms with E-state index in [0.29, 0.717) is 0 Å². The van der Waals surface area contributed by atoms with Gasteiger partial charge in [-0.25, -0.2) is 0 Å². The maximum Gasteiger partial charge on any atom is 0.0671 e. The zero-order valence-electron chi connectivity index (χ0n) is 12.5. The average Bonchev–Trinajstić information content (AvgIpc) is 2.81. The fraction of sp³-hybridized carbons (Fsp3) is 0.412. The summed E-state index contributed by atoms with van der Waals surface area (Å²) in [5, 5.41) is 5.72. The van der Waals surface area contributed by atoms with Crippen LogP contribution in [0.4, 0.5) is 0 Å². The van der Waals surface area contributed by atoms with Gasteiger partial charge in [-0.05, 0) is 45.1 Å². The number of benzene rings is 1. The van der Waals surface area contributed by atoms with E-state index in [-0.39, 0.29) is 11.5 Å². The zero-order chi connectivity index (χ0) is 14.8. The fourth-order valence-electron chi connectivity index (χ4n) is 2.24.